The van der Waals surface area contributed by atoms with Crippen molar-refractivity contribution in [3.05, 3.63) is 182 Å². The largest absolute Gasteiger partial charge is 0.309 e. The minimum atomic E-state index is 1.16. The molecule has 0 saturated carbocycles. The van der Waals surface area contributed by atoms with E-state index in [1.807, 2.05) is 0 Å². The van der Waals surface area contributed by atoms with Crippen molar-refractivity contribution in [2.24, 2.45) is 0 Å². The van der Waals surface area contributed by atoms with Crippen LogP contribution in [0.5, 0.6) is 0 Å². The van der Waals surface area contributed by atoms with Gasteiger partial charge in [-0.05, 0) is 81.6 Å². The lowest BCUT2D eigenvalue weighted by atomic mass is 9.98. The third-order valence-electron chi connectivity index (χ3n) is 9.91. The van der Waals surface area contributed by atoms with Gasteiger partial charge in [-0.3, -0.25) is 0 Å². The molecular formula is C46H30N2. The van der Waals surface area contributed by atoms with Gasteiger partial charge in [0.1, 0.15) is 0 Å². The fourth-order valence-electron chi connectivity index (χ4n) is 7.80. The average molecular weight is 611 g/mol. The topological polar surface area (TPSA) is 9.86 Å². The Bertz CT molecular complexity index is 2810. The van der Waals surface area contributed by atoms with Crippen LogP contribution in [-0.4, -0.2) is 9.13 Å². The van der Waals surface area contributed by atoms with E-state index in [0.29, 0.717) is 0 Å². The van der Waals surface area contributed by atoms with Gasteiger partial charge in [-0.2, -0.15) is 0 Å². The van der Waals surface area contributed by atoms with E-state index in [0.717, 1.165) is 11.4 Å². The first-order valence-electron chi connectivity index (χ1n) is 16.5. The van der Waals surface area contributed by atoms with Crippen molar-refractivity contribution in [2.45, 2.75) is 0 Å². The average Bonchev–Trinajstić information content (AvgIpc) is 3.68. The van der Waals surface area contributed by atoms with E-state index in [1.165, 1.54) is 76.6 Å². The zero-order valence-electron chi connectivity index (χ0n) is 26.2. The Morgan fingerprint density at radius 1 is 0.292 bits per heavy atom. The molecule has 0 radical (unpaired) electrons. The van der Waals surface area contributed by atoms with Gasteiger partial charge in [0.2, 0.25) is 0 Å². The van der Waals surface area contributed by atoms with Gasteiger partial charge < -0.3 is 9.13 Å². The molecule has 0 bridgehead atoms. The summed E-state index contributed by atoms with van der Waals surface area (Å²) >= 11 is 0. The van der Waals surface area contributed by atoms with Crippen molar-refractivity contribution in [3.63, 3.8) is 0 Å². The minimum absolute atomic E-state index is 1.16. The molecule has 2 aromatic heterocycles. The molecule has 224 valence electrons. The molecule has 10 aromatic rings. The highest BCUT2D eigenvalue weighted by atomic mass is 15.0. The first kappa shape index (κ1) is 26.8. The molecular weight excluding hydrogens is 581 g/mol. The normalized spacial score (nSPS) is 11.8. The number of para-hydroxylation sites is 2. The lowest BCUT2D eigenvalue weighted by molar-refractivity contribution is 1.17. The predicted octanol–water partition coefficient (Wildman–Crippen LogP) is 12.4. The lowest BCUT2D eigenvalue weighted by Gasteiger charge is -2.12. The van der Waals surface area contributed by atoms with Gasteiger partial charge in [-0.25, -0.2) is 0 Å². The number of fused-ring (bicyclic) bond motifs is 8. The van der Waals surface area contributed by atoms with Gasteiger partial charge >= 0.3 is 0 Å². The summed E-state index contributed by atoms with van der Waals surface area (Å²) in [4.78, 5) is 0. The number of aromatic nitrogens is 2. The maximum absolute atomic E-state index is 2.44. The van der Waals surface area contributed by atoms with Gasteiger partial charge in [0.15, 0.2) is 0 Å². The molecule has 10 rings (SSSR count). The Labute approximate surface area is 278 Å². The van der Waals surface area contributed by atoms with Crippen LogP contribution in [0.3, 0.4) is 0 Å². The highest BCUT2D eigenvalue weighted by molar-refractivity contribution is 6.28. The molecule has 0 aliphatic heterocycles. The SMILES string of the molecule is c1ccc(-c2ccc(-n3c4ccccc4c4c5c6ccccc6n(-c6cccc(-c7cccc8ccccc78)c6)c5ccc43)cc2)cc1. The minimum Gasteiger partial charge on any atom is -0.309 e. The number of nitrogens with zero attached hydrogens (tertiary/aromatic N) is 2. The second-order valence-electron chi connectivity index (χ2n) is 12.5. The predicted molar refractivity (Wildman–Crippen MR) is 203 cm³/mol. The van der Waals surface area contributed by atoms with Crippen LogP contribution in [0, 0.1) is 0 Å². The Morgan fingerprint density at radius 2 is 0.812 bits per heavy atom. The third-order valence-corrected chi connectivity index (χ3v) is 9.91. The van der Waals surface area contributed by atoms with Crippen LogP contribution < -0.4 is 0 Å². The maximum Gasteiger partial charge on any atom is 0.0548 e. The third kappa shape index (κ3) is 4.00. The molecule has 2 heteroatoms. The van der Waals surface area contributed by atoms with E-state index in [-0.39, 0.29) is 0 Å². The Kier molecular flexibility index (Phi) is 5.91. The summed E-state index contributed by atoms with van der Waals surface area (Å²) in [6, 6.07) is 66.1. The van der Waals surface area contributed by atoms with E-state index in [4.69, 9.17) is 0 Å². The molecule has 2 heterocycles. The van der Waals surface area contributed by atoms with Crippen LogP contribution in [0.15, 0.2) is 182 Å². The van der Waals surface area contributed by atoms with Crippen LogP contribution in [-0.2, 0) is 0 Å². The zero-order chi connectivity index (χ0) is 31.6. The van der Waals surface area contributed by atoms with Crippen LogP contribution in [0.25, 0.3) is 88.0 Å². The fraction of sp³-hybridized carbons (Fsp3) is 0. The van der Waals surface area contributed by atoms with E-state index >= 15 is 0 Å². The number of rotatable bonds is 4. The van der Waals surface area contributed by atoms with E-state index in [9.17, 15) is 0 Å². The Hall–Kier alpha value is -6.38. The summed E-state index contributed by atoms with van der Waals surface area (Å²) in [5, 5.41) is 7.62. The summed E-state index contributed by atoms with van der Waals surface area (Å²) in [7, 11) is 0. The van der Waals surface area contributed by atoms with Crippen molar-refractivity contribution in [2.75, 3.05) is 0 Å². The van der Waals surface area contributed by atoms with Gasteiger partial charge in [-0.15, -0.1) is 0 Å². The molecule has 0 N–H and O–H groups in total. The van der Waals surface area contributed by atoms with E-state index < -0.39 is 0 Å². The molecule has 0 atom stereocenters. The molecule has 0 amide bonds. The molecule has 2 nitrogen and oxygen atoms in total. The molecule has 0 aliphatic carbocycles. The maximum atomic E-state index is 2.44. The summed E-state index contributed by atoms with van der Waals surface area (Å²) in [5.41, 5.74) is 12.1. The second-order valence-corrected chi connectivity index (χ2v) is 12.5. The lowest BCUT2D eigenvalue weighted by Crippen LogP contribution is -1.95. The van der Waals surface area contributed by atoms with Gasteiger partial charge in [-0.1, -0.05) is 133 Å². The number of hydrogen-bond donors (Lipinski definition) is 0. The summed E-state index contributed by atoms with van der Waals surface area (Å²) in [6.07, 6.45) is 0. The van der Waals surface area contributed by atoms with E-state index in [2.05, 4.69) is 191 Å². The summed E-state index contributed by atoms with van der Waals surface area (Å²) in [5.74, 6) is 0. The quantitative estimate of drug-likeness (QED) is 0.188. The summed E-state index contributed by atoms with van der Waals surface area (Å²) < 4.78 is 4.87. The van der Waals surface area contributed by atoms with Gasteiger partial charge in [0.05, 0.1) is 22.1 Å². The Balaban J connectivity index is 1.22. The molecule has 0 spiro atoms. The standard InChI is InChI=1S/C46H30N2/c1-2-12-31(13-3-1)32-24-26-35(27-25-32)47-41-22-8-6-19-39(41)45-43(47)28-29-44-46(45)40-20-7-9-23-42(40)48(44)36-17-10-16-34(30-36)38-21-11-15-33-14-4-5-18-37(33)38/h1-30H. The zero-order valence-corrected chi connectivity index (χ0v) is 26.2. The van der Waals surface area contributed by atoms with E-state index in [1.54, 1.807) is 0 Å². The first-order chi connectivity index (χ1) is 23.8. The van der Waals surface area contributed by atoms with Gasteiger partial charge in [0, 0.05) is 32.9 Å². The van der Waals surface area contributed by atoms with Crippen molar-refractivity contribution in [1.82, 2.24) is 9.13 Å². The highest BCUT2D eigenvalue weighted by Crippen LogP contribution is 2.43. The number of hydrogen-bond acceptors (Lipinski definition) is 0. The second kappa shape index (κ2) is 10.6. The Morgan fingerprint density at radius 3 is 1.52 bits per heavy atom. The van der Waals surface area contributed by atoms with Crippen LogP contribution in [0.4, 0.5) is 0 Å². The first-order valence-corrected chi connectivity index (χ1v) is 16.5. The van der Waals surface area contributed by atoms with Crippen molar-refractivity contribution in [3.8, 4) is 33.6 Å². The molecule has 0 fully saturated rings. The van der Waals surface area contributed by atoms with Crippen molar-refractivity contribution < 1.29 is 0 Å². The number of benzene rings is 8. The molecule has 48 heavy (non-hydrogen) atoms. The van der Waals surface area contributed by atoms with Crippen molar-refractivity contribution in [1.29, 1.82) is 0 Å². The van der Waals surface area contributed by atoms with Crippen LogP contribution in [0.2, 0.25) is 0 Å². The van der Waals surface area contributed by atoms with Crippen molar-refractivity contribution >= 4 is 54.4 Å². The van der Waals surface area contributed by atoms with Gasteiger partial charge in [0.25, 0.3) is 0 Å². The van der Waals surface area contributed by atoms with Crippen LogP contribution in [0.1, 0.15) is 0 Å². The fourth-order valence-corrected chi connectivity index (χ4v) is 7.80. The molecule has 8 aromatic carbocycles. The summed E-state index contributed by atoms with van der Waals surface area (Å²) in [6.45, 7) is 0. The molecule has 0 saturated heterocycles. The monoisotopic (exact) mass is 610 g/mol. The highest BCUT2D eigenvalue weighted by Gasteiger charge is 2.20. The smallest absolute Gasteiger partial charge is 0.0548 e. The molecule has 0 unspecified atom stereocenters. The van der Waals surface area contributed by atoms with Crippen LogP contribution >= 0.6 is 0 Å². The molecule has 0 aliphatic rings.